The topological polar surface area (TPSA) is 25.2 Å². The number of thioether (sulfide) groups is 2. The smallest absolute Gasteiger partial charge is 0.269 e. The summed E-state index contributed by atoms with van der Waals surface area (Å²) in [6.07, 6.45) is 6.13. The average molecular weight is 481 g/mol. The molecule has 0 spiro atoms. The van der Waals surface area contributed by atoms with E-state index in [1.54, 1.807) is 23.1 Å². The zero-order valence-corrected chi connectivity index (χ0v) is 21.2. The predicted octanol–water partition coefficient (Wildman–Crippen LogP) is 5.17. The summed E-state index contributed by atoms with van der Waals surface area (Å²) in [5, 5.41) is 3.72. The number of aryl methyl sites for hydroxylation is 1. The number of aromatic nitrogens is 1. The summed E-state index contributed by atoms with van der Waals surface area (Å²) < 4.78 is 3.56. The molecular weight excluding hydrogens is 453 g/mol. The van der Waals surface area contributed by atoms with Gasteiger partial charge in [-0.1, -0.05) is 54.7 Å². The van der Waals surface area contributed by atoms with Crippen molar-refractivity contribution < 1.29 is 0 Å². The molecule has 2 aromatic carbocycles. The normalized spacial score (nSPS) is 16.6. The molecule has 0 N–H and O–H groups in total. The molecule has 0 saturated carbocycles. The molecular formula is C26H28N2OS3. The summed E-state index contributed by atoms with van der Waals surface area (Å²) in [5.74, 6) is 1.11. The number of rotatable bonds is 6. The quantitative estimate of drug-likeness (QED) is 0.455. The van der Waals surface area contributed by atoms with E-state index in [-0.39, 0.29) is 5.56 Å². The summed E-state index contributed by atoms with van der Waals surface area (Å²) in [7, 11) is 0. The number of fused-ring (bicyclic) bond motifs is 1. The first kappa shape index (κ1) is 23.0. The minimum atomic E-state index is 0.0748. The maximum absolute atomic E-state index is 13.0. The first-order valence-corrected chi connectivity index (χ1v) is 13.5. The molecule has 4 rings (SSSR count). The van der Waals surface area contributed by atoms with Gasteiger partial charge in [-0.2, -0.15) is 0 Å². The second-order valence-corrected chi connectivity index (χ2v) is 10.9. The van der Waals surface area contributed by atoms with E-state index in [2.05, 4.69) is 73.9 Å². The zero-order chi connectivity index (χ0) is 22.7. The second-order valence-electron chi connectivity index (χ2n) is 7.60. The van der Waals surface area contributed by atoms with E-state index in [9.17, 15) is 4.79 Å². The Balaban J connectivity index is 1.69. The molecule has 0 atom stereocenters. The number of hydrogen-bond donors (Lipinski definition) is 0. The van der Waals surface area contributed by atoms with Gasteiger partial charge < -0.3 is 4.90 Å². The fourth-order valence-corrected chi connectivity index (χ4v) is 7.02. The van der Waals surface area contributed by atoms with Crippen molar-refractivity contribution in [3.05, 3.63) is 84.1 Å². The van der Waals surface area contributed by atoms with Crippen LogP contribution in [0.25, 0.3) is 22.9 Å². The van der Waals surface area contributed by atoms with Crippen molar-refractivity contribution in [2.45, 2.75) is 32.2 Å². The number of nitrogens with zero attached hydrogens (tertiary/aromatic N) is 2. The Labute approximate surface area is 201 Å². The van der Waals surface area contributed by atoms with E-state index in [0.29, 0.717) is 6.54 Å². The molecule has 0 amide bonds. The maximum atomic E-state index is 13.0. The van der Waals surface area contributed by atoms with Gasteiger partial charge in [0.2, 0.25) is 0 Å². The van der Waals surface area contributed by atoms with Gasteiger partial charge in [0.1, 0.15) is 0 Å². The molecule has 0 aliphatic carbocycles. The number of hydrogen-bond acceptors (Lipinski definition) is 5. The minimum Gasteiger partial charge on any atom is -0.366 e. The summed E-state index contributed by atoms with van der Waals surface area (Å²) in [4.78, 5) is 17.5. The second kappa shape index (κ2) is 10.2. The van der Waals surface area contributed by atoms with Gasteiger partial charge in [-0.15, -0.1) is 23.1 Å². The summed E-state index contributed by atoms with van der Waals surface area (Å²) >= 11 is 5.07. The van der Waals surface area contributed by atoms with Crippen LogP contribution in [0.3, 0.4) is 0 Å². The first-order valence-electron chi connectivity index (χ1n) is 10.9. The van der Waals surface area contributed by atoms with Crippen molar-refractivity contribution in [2.24, 2.45) is 0 Å². The lowest BCUT2D eigenvalue weighted by Gasteiger charge is -2.14. The van der Waals surface area contributed by atoms with Gasteiger partial charge in [0.15, 0.2) is 0 Å². The molecule has 3 nitrogen and oxygen atoms in total. The maximum Gasteiger partial charge on any atom is 0.269 e. The van der Waals surface area contributed by atoms with Gasteiger partial charge in [0, 0.05) is 35.2 Å². The molecule has 1 aliphatic rings. The van der Waals surface area contributed by atoms with Crippen LogP contribution in [0.5, 0.6) is 0 Å². The highest BCUT2D eigenvalue weighted by atomic mass is 32.2. The van der Waals surface area contributed by atoms with E-state index < -0.39 is 0 Å². The molecule has 166 valence electrons. The summed E-state index contributed by atoms with van der Waals surface area (Å²) in [6.45, 7) is 13.3. The lowest BCUT2D eigenvalue weighted by molar-refractivity contribution is 0.426. The molecule has 32 heavy (non-hydrogen) atoms. The summed E-state index contributed by atoms with van der Waals surface area (Å²) in [5.41, 5.74) is 1.31. The standard InChI is InChI=1S/C26H28N2OS3/c1-5-27-15-16-30-23(27)14-13-22-26(29)28(6-2)24(32-22)17-19(4)31-25-18(3)11-12-20-9-7-8-10-21(20)25/h7-14,17H,4-6,15-16H2,1-3H3/b22-13-,23-14-,24-17-. The van der Waals surface area contributed by atoms with Gasteiger partial charge in [-0.25, -0.2) is 0 Å². The first-order chi connectivity index (χ1) is 15.5. The van der Waals surface area contributed by atoms with Crippen LogP contribution in [-0.2, 0) is 6.54 Å². The molecule has 0 unspecified atom stereocenters. The van der Waals surface area contributed by atoms with Crippen LogP contribution >= 0.6 is 34.9 Å². The van der Waals surface area contributed by atoms with Crippen molar-refractivity contribution >= 4 is 57.8 Å². The third kappa shape index (κ3) is 4.77. The lowest BCUT2D eigenvalue weighted by Crippen LogP contribution is -2.30. The monoisotopic (exact) mass is 480 g/mol. The Hall–Kier alpha value is -2.15. The van der Waals surface area contributed by atoms with E-state index in [4.69, 9.17) is 0 Å². The van der Waals surface area contributed by atoms with Crippen LogP contribution in [0.4, 0.5) is 0 Å². The van der Waals surface area contributed by atoms with Crippen molar-refractivity contribution in [2.75, 3.05) is 18.8 Å². The molecule has 1 aliphatic heterocycles. The molecule has 1 fully saturated rings. The third-order valence-corrected chi connectivity index (χ3v) is 8.81. The molecule has 0 radical (unpaired) electrons. The average Bonchev–Trinajstić information content (AvgIpc) is 3.37. The highest BCUT2D eigenvalue weighted by Gasteiger charge is 2.14. The Morgan fingerprint density at radius 3 is 2.75 bits per heavy atom. The Kier molecular flexibility index (Phi) is 7.33. The number of thiazole rings is 1. The van der Waals surface area contributed by atoms with Gasteiger partial charge in [0.05, 0.1) is 14.2 Å². The van der Waals surface area contributed by atoms with Gasteiger partial charge in [-0.05, 0) is 55.3 Å². The van der Waals surface area contributed by atoms with E-state index in [0.717, 1.165) is 32.9 Å². The SMILES string of the molecule is C=C(/C=c1\s/c(=C\C=C2/SCCN2CC)c(=O)n1CC)Sc1c(C)ccc2ccccc12. The predicted molar refractivity (Wildman–Crippen MR) is 144 cm³/mol. The van der Waals surface area contributed by atoms with E-state index in [1.807, 2.05) is 29.3 Å². The van der Waals surface area contributed by atoms with Crippen molar-refractivity contribution in [1.29, 1.82) is 0 Å². The molecule has 1 aromatic heterocycles. The molecule has 0 bridgehead atoms. The minimum absolute atomic E-state index is 0.0748. The Bertz CT molecular complexity index is 1360. The van der Waals surface area contributed by atoms with Crippen LogP contribution in [0.15, 0.2) is 68.7 Å². The van der Waals surface area contributed by atoms with E-state index >= 15 is 0 Å². The molecule has 1 saturated heterocycles. The highest BCUT2D eigenvalue weighted by molar-refractivity contribution is 8.03. The molecule has 3 aromatic rings. The Morgan fingerprint density at radius 2 is 1.97 bits per heavy atom. The van der Waals surface area contributed by atoms with Gasteiger partial charge in [0.25, 0.3) is 5.56 Å². The van der Waals surface area contributed by atoms with Crippen LogP contribution < -0.4 is 14.8 Å². The fourth-order valence-electron chi connectivity index (χ4n) is 3.82. The number of benzene rings is 2. The largest absolute Gasteiger partial charge is 0.366 e. The fraction of sp³-hybridized carbons (Fsp3) is 0.269. The van der Waals surface area contributed by atoms with E-state index in [1.165, 1.54) is 26.3 Å². The van der Waals surface area contributed by atoms with Gasteiger partial charge in [-0.3, -0.25) is 9.36 Å². The highest BCUT2D eigenvalue weighted by Crippen LogP contribution is 2.35. The number of allylic oxidation sites excluding steroid dienone is 2. The van der Waals surface area contributed by atoms with Crippen molar-refractivity contribution in [3.63, 3.8) is 0 Å². The lowest BCUT2D eigenvalue weighted by atomic mass is 10.1. The Morgan fingerprint density at radius 1 is 1.16 bits per heavy atom. The molecule has 2 heterocycles. The van der Waals surface area contributed by atoms with Crippen LogP contribution in [0, 0.1) is 6.92 Å². The van der Waals surface area contributed by atoms with Crippen LogP contribution in [0.2, 0.25) is 0 Å². The zero-order valence-electron chi connectivity index (χ0n) is 18.8. The summed E-state index contributed by atoms with van der Waals surface area (Å²) in [6, 6.07) is 12.8. The van der Waals surface area contributed by atoms with Crippen LogP contribution in [0.1, 0.15) is 19.4 Å². The molecule has 6 heteroatoms. The van der Waals surface area contributed by atoms with Gasteiger partial charge >= 0.3 is 0 Å². The van der Waals surface area contributed by atoms with Crippen LogP contribution in [-0.4, -0.2) is 28.3 Å². The van der Waals surface area contributed by atoms with Crippen molar-refractivity contribution in [1.82, 2.24) is 9.47 Å². The third-order valence-electron chi connectivity index (χ3n) is 5.53. The van der Waals surface area contributed by atoms with Crippen molar-refractivity contribution in [3.8, 4) is 0 Å².